The molecule has 1 aliphatic rings. The molecule has 0 aromatic heterocycles. The first-order valence-corrected chi connectivity index (χ1v) is 8.44. The molecule has 0 spiro atoms. The molecule has 2 rings (SSSR count). The molecule has 1 atom stereocenters. The zero-order chi connectivity index (χ0) is 15.6. The minimum Gasteiger partial charge on any atom is -0.493 e. The summed E-state index contributed by atoms with van der Waals surface area (Å²) in [5, 5.41) is 3.56. The molecule has 0 radical (unpaired) electrons. The van der Waals surface area contributed by atoms with Crippen molar-refractivity contribution in [2.45, 2.75) is 51.6 Å². The Hall–Kier alpha value is -1.26. The van der Waals surface area contributed by atoms with Crippen LogP contribution in [0.25, 0.3) is 0 Å². The van der Waals surface area contributed by atoms with Gasteiger partial charge in [0.1, 0.15) is 0 Å². The van der Waals surface area contributed by atoms with Crippen LogP contribution in [0.3, 0.4) is 0 Å². The Balaban J connectivity index is 1.87. The van der Waals surface area contributed by atoms with Crippen molar-refractivity contribution in [2.75, 3.05) is 26.9 Å². The van der Waals surface area contributed by atoms with Gasteiger partial charge in [0.2, 0.25) is 0 Å². The molecule has 1 aliphatic heterocycles. The highest BCUT2D eigenvalue weighted by atomic mass is 16.5. The lowest BCUT2D eigenvalue weighted by Crippen LogP contribution is -2.36. The van der Waals surface area contributed by atoms with Crippen molar-refractivity contribution in [3.63, 3.8) is 0 Å². The lowest BCUT2D eigenvalue weighted by molar-refractivity contribution is 0.0699. The molecule has 1 fully saturated rings. The van der Waals surface area contributed by atoms with Gasteiger partial charge in [0.05, 0.1) is 20.3 Å². The standard InChI is InChI=1S/C18H29NO3/c1-3-4-5-11-22-18-12-15(8-9-17(18)20-2)13-19-16-7-6-10-21-14-16/h8-9,12,16,19H,3-7,10-11,13-14H2,1-2H3. The summed E-state index contributed by atoms with van der Waals surface area (Å²) in [4.78, 5) is 0. The summed E-state index contributed by atoms with van der Waals surface area (Å²) in [5.41, 5.74) is 1.22. The van der Waals surface area contributed by atoms with Gasteiger partial charge < -0.3 is 19.5 Å². The van der Waals surface area contributed by atoms with E-state index in [9.17, 15) is 0 Å². The van der Waals surface area contributed by atoms with E-state index >= 15 is 0 Å². The van der Waals surface area contributed by atoms with E-state index in [2.05, 4.69) is 24.4 Å². The fourth-order valence-corrected chi connectivity index (χ4v) is 2.64. The molecular formula is C18H29NO3. The van der Waals surface area contributed by atoms with Gasteiger partial charge >= 0.3 is 0 Å². The van der Waals surface area contributed by atoms with Gasteiger partial charge in [0.25, 0.3) is 0 Å². The van der Waals surface area contributed by atoms with Crippen LogP contribution in [0.2, 0.25) is 0 Å². The van der Waals surface area contributed by atoms with Crippen molar-refractivity contribution in [1.82, 2.24) is 5.32 Å². The second kappa shape index (κ2) is 9.70. The second-order valence-corrected chi connectivity index (χ2v) is 5.84. The topological polar surface area (TPSA) is 39.7 Å². The predicted molar refractivity (Wildman–Crippen MR) is 88.7 cm³/mol. The second-order valence-electron chi connectivity index (χ2n) is 5.84. The Morgan fingerprint density at radius 3 is 2.91 bits per heavy atom. The molecule has 0 bridgehead atoms. The van der Waals surface area contributed by atoms with Crippen molar-refractivity contribution in [3.05, 3.63) is 23.8 Å². The van der Waals surface area contributed by atoms with Gasteiger partial charge in [-0.1, -0.05) is 25.8 Å². The quantitative estimate of drug-likeness (QED) is 0.708. The summed E-state index contributed by atoms with van der Waals surface area (Å²) in [6.45, 7) is 5.50. The Morgan fingerprint density at radius 1 is 1.27 bits per heavy atom. The van der Waals surface area contributed by atoms with E-state index in [0.717, 1.165) is 50.7 Å². The molecule has 0 aliphatic carbocycles. The number of benzene rings is 1. The van der Waals surface area contributed by atoms with E-state index in [4.69, 9.17) is 14.2 Å². The number of methoxy groups -OCH3 is 1. The summed E-state index contributed by atoms with van der Waals surface area (Å²) >= 11 is 0. The maximum absolute atomic E-state index is 5.89. The predicted octanol–water partition coefficient (Wildman–Crippen LogP) is 3.53. The molecule has 4 heteroatoms. The maximum atomic E-state index is 5.89. The summed E-state index contributed by atoms with van der Waals surface area (Å²) in [6, 6.07) is 6.63. The number of unbranched alkanes of at least 4 members (excludes halogenated alkanes) is 2. The SMILES string of the molecule is CCCCCOc1cc(CNC2CCCOC2)ccc1OC. The van der Waals surface area contributed by atoms with Crippen LogP contribution in [0, 0.1) is 0 Å². The van der Waals surface area contributed by atoms with Crippen molar-refractivity contribution >= 4 is 0 Å². The smallest absolute Gasteiger partial charge is 0.161 e. The molecule has 0 saturated carbocycles. The van der Waals surface area contributed by atoms with E-state index in [1.807, 2.05) is 6.07 Å². The number of hydrogen-bond donors (Lipinski definition) is 1. The first-order valence-electron chi connectivity index (χ1n) is 8.44. The number of nitrogens with one attached hydrogen (secondary N) is 1. The first kappa shape index (κ1) is 17.1. The first-order chi connectivity index (χ1) is 10.8. The van der Waals surface area contributed by atoms with E-state index < -0.39 is 0 Å². The number of rotatable bonds is 9. The third kappa shape index (κ3) is 5.50. The van der Waals surface area contributed by atoms with Gasteiger partial charge in [0, 0.05) is 19.2 Å². The summed E-state index contributed by atoms with van der Waals surface area (Å²) in [7, 11) is 1.69. The Kier molecular flexibility index (Phi) is 7.54. The molecule has 22 heavy (non-hydrogen) atoms. The molecular weight excluding hydrogens is 278 g/mol. The highest BCUT2D eigenvalue weighted by molar-refractivity contribution is 5.42. The van der Waals surface area contributed by atoms with Crippen LogP contribution < -0.4 is 14.8 Å². The zero-order valence-electron chi connectivity index (χ0n) is 13.9. The third-order valence-electron chi connectivity index (χ3n) is 3.99. The Morgan fingerprint density at radius 2 is 2.18 bits per heavy atom. The molecule has 1 aromatic rings. The lowest BCUT2D eigenvalue weighted by atomic mass is 10.1. The minimum absolute atomic E-state index is 0.463. The molecule has 124 valence electrons. The van der Waals surface area contributed by atoms with E-state index in [1.165, 1.54) is 24.8 Å². The number of ether oxygens (including phenoxy) is 3. The van der Waals surface area contributed by atoms with Gasteiger partial charge in [-0.15, -0.1) is 0 Å². The molecule has 1 heterocycles. The molecule has 1 aromatic carbocycles. The maximum Gasteiger partial charge on any atom is 0.161 e. The van der Waals surface area contributed by atoms with Gasteiger partial charge in [-0.05, 0) is 37.0 Å². The van der Waals surface area contributed by atoms with Crippen LogP contribution in [0.15, 0.2) is 18.2 Å². The number of hydrogen-bond acceptors (Lipinski definition) is 4. The van der Waals surface area contributed by atoms with Crippen LogP contribution in [0.5, 0.6) is 11.5 Å². The summed E-state index contributed by atoms with van der Waals surface area (Å²) in [6.07, 6.45) is 5.82. The monoisotopic (exact) mass is 307 g/mol. The zero-order valence-corrected chi connectivity index (χ0v) is 13.9. The highest BCUT2D eigenvalue weighted by Crippen LogP contribution is 2.28. The highest BCUT2D eigenvalue weighted by Gasteiger charge is 2.13. The van der Waals surface area contributed by atoms with Gasteiger partial charge in [-0.3, -0.25) is 0 Å². The molecule has 1 unspecified atom stereocenters. The van der Waals surface area contributed by atoms with Crippen LogP contribution in [-0.2, 0) is 11.3 Å². The van der Waals surface area contributed by atoms with Crippen LogP contribution in [-0.4, -0.2) is 33.0 Å². The average molecular weight is 307 g/mol. The van der Waals surface area contributed by atoms with E-state index in [-0.39, 0.29) is 0 Å². The Bertz CT molecular complexity index is 430. The van der Waals surface area contributed by atoms with Crippen molar-refractivity contribution in [1.29, 1.82) is 0 Å². The lowest BCUT2D eigenvalue weighted by Gasteiger charge is -2.23. The summed E-state index contributed by atoms with van der Waals surface area (Å²) in [5.74, 6) is 1.65. The van der Waals surface area contributed by atoms with Crippen molar-refractivity contribution < 1.29 is 14.2 Å². The average Bonchev–Trinajstić information content (AvgIpc) is 2.58. The largest absolute Gasteiger partial charge is 0.493 e. The molecule has 1 saturated heterocycles. The minimum atomic E-state index is 0.463. The molecule has 0 amide bonds. The van der Waals surface area contributed by atoms with E-state index in [0.29, 0.717) is 6.04 Å². The molecule has 1 N–H and O–H groups in total. The normalized spacial score (nSPS) is 18.2. The van der Waals surface area contributed by atoms with E-state index in [1.54, 1.807) is 7.11 Å². The van der Waals surface area contributed by atoms with Crippen LogP contribution >= 0.6 is 0 Å². The third-order valence-corrected chi connectivity index (χ3v) is 3.99. The van der Waals surface area contributed by atoms with Crippen LogP contribution in [0.4, 0.5) is 0 Å². The van der Waals surface area contributed by atoms with Crippen molar-refractivity contribution in [3.8, 4) is 11.5 Å². The molecule has 4 nitrogen and oxygen atoms in total. The van der Waals surface area contributed by atoms with Crippen molar-refractivity contribution in [2.24, 2.45) is 0 Å². The van der Waals surface area contributed by atoms with Crippen LogP contribution in [0.1, 0.15) is 44.6 Å². The van der Waals surface area contributed by atoms with Gasteiger partial charge in [-0.25, -0.2) is 0 Å². The fraction of sp³-hybridized carbons (Fsp3) is 0.667. The Labute approximate surface area is 134 Å². The van der Waals surface area contributed by atoms with Gasteiger partial charge in [-0.2, -0.15) is 0 Å². The van der Waals surface area contributed by atoms with Gasteiger partial charge in [0.15, 0.2) is 11.5 Å². The fourth-order valence-electron chi connectivity index (χ4n) is 2.64. The summed E-state index contributed by atoms with van der Waals surface area (Å²) < 4.78 is 16.8.